The molecule has 0 aliphatic rings. The molecule has 0 bridgehead atoms. The lowest BCUT2D eigenvalue weighted by Gasteiger charge is -2.08. The Hall–Kier alpha value is -1.89. The summed E-state index contributed by atoms with van der Waals surface area (Å²) in [5, 5.41) is 3.66. The van der Waals surface area contributed by atoms with Gasteiger partial charge in [0.25, 0.3) is 6.43 Å². The molecule has 7 heteroatoms. The fraction of sp³-hybridized carbons (Fsp3) is 0.308. The maximum absolute atomic E-state index is 13.1. The Morgan fingerprint density at radius 2 is 2.20 bits per heavy atom. The van der Waals surface area contributed by atoms with Gasteiger partial charge in [0.1, 0.15) is 11.3 Å². The standard InChI is InChI=1S/C13H12F2N2O2S/c1-3-19-13(18)8-4-16-12(17-10(8)11(14)15)9-6-20-5-7(9)2/h4-6,11H,3H2,1-2H3. The van der Waals surface area contributed by atoms with E-state index in [2.05, 4.69) is 9.97 Å². The van der Waals surface area contributed by atoms with Crippen molar-refractivity contribution in [3.63, 3.8) is 0 Å². The van der Waals surface area contributed by atoms with E-state index in [9.17, 15) is 13.6 Å². The van der Waals surface area contributed by atoms with Gasteiger partial charge in [0.05, 0.1) is 6.61 Å². The van der Waals surface area contributed by atoms with Crippen molar-refractivity contribution >= 4 is 17.3 Å². The van der Waals surface area contributed by atoms with E-state index in [4.69, 9.17) is 4.74 Å². The van der Waals surface area contributed by atoms with Gasteiger partial charge in [-0.2, -0.15) is 11.3 Å². The number of aryl methyl sites for hydroxylation is 1. The number of hydrogen-bond donors (Lipinski definition) is 0. The normalized spacial score (nSPS) is 10.8. The zero-order chi connectivity index (χ0) is 14.7. The van der Waals surface area contributed by atoms with E-state index in [1.165, 1.54) is 11.3 Å². The molecular formula is C13H12F2N2O2S. The number of nitrogens with zero attached hydrogens (tertiary/aromatic N) is 2. The van der Waals surface area contributed by atoms with Crippen LogP contribution >= 0.6 is 11.3 Å². The second kappa shape index (κ2) is 6.04. The molecular weight excluding hydrogens is 286 g/mol. The molecule has 106 valence electrons. The van der Waals surface area contributed by atoms with E-state index < -0.39 is 18.1 Å². The summed E-state index contributed by atoms with van der Waals surface area (Å²) in [6.07, 6.45) is -1.77. The first-order valence-corrected chi connectivity index (χ1v) is 6.84. The number of rotatable bonds is 4. The molecule has 0 N–H and O–H groups in total. The third-order valence-electron chi connectivity index (χ3n) is 2.62. The summed E-state index contributed by atoms with van der Waals surface area (Å²) >= 11 is 1.43. The predicted octanol–water partition coefficient (Wildman–Crippen LogP) is 3.63. The lowest BCUT2D eigenvalue weighted by molar-refractivity contribution is 0.0513. The number of alkyl halides is 2. The summed E-state index contributed by atoms with van der Waals surface area (Å²) < 4.78 is 30.8. The predicted molar refractivity (Wildman–Crippen MR) is 71.0 cm³/mol. The van der Waals surface area contributed by atoms with Gasteiger partial charge in [-0.15, -0.1) is 0 Å². The van der Waals surface area contributed by atoms with Crippen LogP contribution in [0.15, 0.2) is 17.0 Å². The van der Waals surface area contributed by atoms with Crippen LogP contribution in [0.4, 0.5) is 8.78 Å². The van der Waals surface area contributed by atoms with Crippen molar-refractivity contribution in [3.8, 4) is 11.4 Å². The molecule has 0 spiro atoms. The van der Waals surface area contributed by atoms with E-state index in [0.29, 0.717) is 5.56 Å². The third-order valence-corrected chi connectivity index (χ3v) is 3.48. The third kappa shape index (κ3) is 2.82. The van der Waals surface area contributed by atoms with Gasteiger partial charge in [0.2, 0.25) is 0 Å². The second-order valence-electron chi connectivity index (χ2n) is 3.98. The van der Waals surface area contributed by atoms with Crippen LogP contribution in [0.1, 0.15) is 35.0 Å². The number of esters is 1. The second-order valence-corrected chi connectivity index (χ2v) is 4.73. The number of carbonyl (C=O) groups is 1. The molecule has 2 rings (SSSR count). The van der Waals surface area contributed by atoms with Crippen molar-refractivity contribution in [1.29, 1.82) is 0 Å². The summed E-state index contributed by atoms with van der Waals surface area (Å²) in [6.45, 7) is 3.55. The van der Waals surface area contributed by atoms with Gasteiger partial charge in [-0.1, -0.05) is 0 Å². The fourth-order valence-electron chi connectivity index (χ4n) is 1.65. The summed E-state index contributed by atoms with van der Waals surface area (Å²) in [4.78, 5) is 19.4. The molecule has 0 aliphatic heterocycles. The Morgan fingerprint density at radius 3 is 2.75 bits per heavy atom. The molecule has 0 atom stereocenters. The van der Waals surface area contributed by atoms with Gasteiger partial charge < -0.3 is 4.74 Å². The van der Waals surface area contributed by atoms with Crippen LogP contribution in [0.25, 0.3) is 11.4 Å². The average molecular weight is 298 g/mol. The smallest absolute Gasteiger partial charge is 0.341 e. The Labute approximate surface area is 118 Å². The number of hydrogen-bond acceptors (Lipinski definition) is 5. The number of thiophene rings is 1. The first-order chi connectivity index (χ1) is 9.54. The fourth-order valence-corrected chi connectivity index (χ4v) is 2.47. The van der Waals surface area contributed by atoms with Gasteiger partial charge in [0.15, 0.2) is 5.82 Å². The molecule has 0 unspecified atom stereocenters. The highest BCUT2D eigenvalue weighted by atomic mass is 32.1. The number of ether oxygens (including phenoxy) is 1. The van der Waals surface area contributed by atoms with E-state index in [0.717, 1.165) is 11.8 Å². The zero-order valence-corrected chi connectivity index (χ0v) is 11.7. The monoisotopic (exact) mass is 298 g/mol. The molecule has 0 saturated carbocycles. The highest BCUT2D eigenvalue weighted by molar-refractivity contribution is 7.08. The van der Waals surface area contributed by atoms with Crippen LogP contribution in [-0.2, 0) is 4.74 Å². The first kappa shape index (κ1) is 14.5. The molecule has 0 aromatic carbocycles. The van der Waals surface area contributed by atoms with Crippen LogP contribution in [0.5, 0.6) is 0 Å². The number of halogens is 2. The highest BCUT2D eigenvalue weighted by Gasteiger charge is 2.23. The van der Waals surface area contributed by atoms with Crippen molar-refractivity contribution in [2.45, 2.75) is 20.3 Å². The van der Waals surface area contributed by atoms with Gasteiger partial charge in [-0.05, 0) is 24.8 Å². The van der Waals surface area contributed by atoms with Crippen LogP contribution < -0.4 is 0 Å². The summed E-state index contributed by atoms with van der Waals surface area (Å²) in [6, 6.07) is 0. The van der Waals surface area contributed by atoms with Crippen molar-refractivity contribution < 1.29 is 18.3 Å². The molecule has 20 heavy (non-hydrogen) atoms. The zero-order valence-electron chi connectivity index (χ0n) is 10.9. The minimum absolute atomic E-state index is 0.104. The summed E-state index contributed by atoms with van der Waals surface area (Å²) in [5.74, 6) is -0.650. The molecule has 2 heterocycles. The van der Waals surface area contributed by atoms with E-state index in [-0.39, 0.29) is 18.0 Å². The summed E-state index contributed by atoms with van der Waals surface area (Å²) in [5.41, 5.74) is 0.698. The largest absolute Gasteiger partial charge is 0.462 e. The SMILES string of the molecule is CCOC(=O)c1cnc(-c2cscc2C)nc1C(F)F. The molecule has 0 aliphatic carbocycles. The van der Waals surface area contributed by atoms with Crippen LogP contribution in [-0.4, -0.2) is 22.5 Å². The van der Waals surface area contributed by atoms with Gasteiger partial charge in [0, 0.05) is 17.1 Å². The van der Waals surface area contributed by atoms with Gasteiger partial charge in [-0.25, -0.2) is 23.5 Å². The Kier molecular flexibility index (Phi) is 4.39. The number of carbonyl (C=O) groups excluding carboxylic acids is 1. The number of aromatic nitrogens is 2. The van der Waals surface area contributed by atoms with Crippen LogP contribution in [0, 0.1) is 6.92 Å². The molecule has 0 amide bonds. The van der Waals surface area contributed by atoms with Crippen LogP contribution in [0.2, 0.25) is 0 Å². The Balaban J connectivity index is 2.48. The van der Waals surface area contributed by atoms with Gasteiger partial charge in [-0.3, -0.25) is 0 Å². The summed E-state index contributed by atoms with van der Waals surface area (Å²) in [7, 11) is 0. The quantitative estimate of drug-likeness (QED) is 0.809. The van der Waals surface area contributed by atoms with E-state index in [1.54, 1.807) is 12.3 Å². The lowest BCUT2D eigenvalue weighted by Crippen LogP contribution is -2.11. The molecule has 0 fully saturated rings. The maximum Gasteiger partial charge on any atom is 0.341 e. The van der Waals surface area contributed by atoms with Gasteiger partial charge >= 0.3 is 5.97 Å². The average Bonchev–Trinajstić information content (AvgIpc) is 2.84. The molecule has 0 saturated heterocycles. The van der Waals surface area contributed by atoms with Crippen molar-refractivity contribution in [2.24, 2.45) is 0 Å². The van der Waals surface area contributed by atoms with E-state index >= 15 is 0 Å². The minimum atomic E-state index is -2.87. The molecule has 4 nitrogen and oxygen atoms in total. The van der Waals surface area contributed by atoms with Crippen molar-refractivity contribution in [1.82, 2.24) is 9.97 Å². The maximum atomic E-state index is 13.1. The van der Waals surface area contributed by atoms with E-state index in [1.807, 2.05) is 12.3 Å². The molecule has 2 aromatic heterocycles. The Morgan fingerprint density at radius 1 is 1.45 bits per heavy atom. The topological polar surface area (TPSA) is 52.1 Å². The Bertz CT molecular complexity index is 629. The van der Waals surface area contributed by atoms with Crippen molar-refractivity contribution in [3.05, 3.63) is 33.8 Å². The van der Waals surface area contributed by atoms with Crippen molar-refractivity contribution in [2.75, 3.05) is 6.61 Å². The lowest BCUT2D eigenvalue weighted by atomic mass is 10.2. The first-order valence-electron chi connectivity index (χ1n) is 5.90. The highest BCUT2D eigenvalue weighted by Crippen LogP contribution is 2.27. The molecule has 0 radical (unpaired) electrons. The van der Waals surface area contributed by atoms with Crippen LogP contribution in [0.3, 0.4) is 0 Å². The molecule has 2 aromatic rings. The minimum Gasteiger partial charge on any atom is -0.462 e.